The molecule has 0 spiro atoms. The van der Waals surface area contributed by atoms with Crippen LogP contribution >= 0.6 is 0 Å². The average Bonchev–Trinajstić information content (AvgIpc) is 2.29. The van der Waals surface area contributed by atoms with E-state index < -0.39 is 0 Å². The first-order valence-electron chi connectivity index (χ1n) is 5.07. The maximum atomic E-state index is 5.72. The molecule has 1 aromatic carbocycles. The van der Waals surface area contributed by atoms with E-state index in [1.54, 1.807) is 0 Å². The Kier molecular flexibility index (Phi) is 2.76. The van der Waals surface area contributed by atoms with Gasteiger partial charge >= 0.3 is 0 Å². The Bertz CT molecular complexity index is 421. The van der Waals surface area contributed by atoms with Gasteiger partial charge in [-0.2, -0.15) is 0 Å². The number of rotatable bonds is 1. The van der Waals surface area contributed by atoms with E-state index in [4.69, 9.17) is 5.73 Å². The summed E-state index contributed by atoms with van der Waals surface area (Å²) in [7, 11) is 3.82. The first kappa shape index (κ1) is 10.5. The lowest BCUT2D eigenvalue weighted by molar-refractivity contribution is 0.579. The summed E-state index contributed by atoms with van der Waals surface area (Å²) in [5.41, 5.74) is 6.76. The minimum absolute atomic E-state index is 0.250. The van der Waals surface area contributed by atoms with Crippen LogP contribution in [0.25, 0.3) is 0 Å². The smallest absolute Gasteiger partial charge is 0.202 e. The molecule has 0 aliphatic carbocycles. The Morgan fingerprint density at radius 2 is 1.88 bits per heavy atom. The second kappa shape index (κ2) is 4.22. The van der Waals surface area contributed by atoms with E-state index in [9.17, 15) is 0 Å². The molecule has 2 rings (SSSR count). The third-order valence-electron chi connectivity index (χ3n) is 2.27. The van der Waals surface area contributed by atoms with Crippen molar-refractivity contribution in [2.75, 3.05) is 14.1 Å². The van der Waals surface area contributed by atoms with Crippen LogP contribution in [0.4, 0.5) is 0 Å². The van der Waals surface area contributed by atoms with Gasteiger partial charge in [0.1, 0.15) is 0 Å². The van der Waals surface area contributed by atoms with Gasteiger partial charge in [-0.05, 0) is 5.56 Å². The Hall–Kier alpha value is -2.04. The summed E-state index contributed by atoms with van der Waals surface area (Å²) in [5.74, 6) is 1.12. The molecule has 16 heavy (non-hydrogen) atoms. The molecule has 0 fully saturated rings. The highest BCUT2D eigenvalue weighted by Crippen LogP contribution is 2.20. The molecule has 0 amide bonds. The largest absolute Gasteiger partial charge is 0.370 e. The molecule has 0 saturated heterocycles. The number of hydrogen-bond donors (Lipinski definition) is 2. The molecule has 1 atom stereocenters. The van der Waals surface area contributed by atoms with Gasteiger partial charge in [0.15, 0.2) is 12.1 Å². The Morgan fingerprint density at radius 3 is 2.50 bits per heavy atom. The highest BCUT2D eigenvalue weighted by molar-refractivity contribution is 5.99. The van der Waals surface area contributed by atoms with Crippen LogP contribution < -0.4 is 11.1 Å². The molecule has 3 N–H and O–H groups in total. The quantitative estimate of drug-likeness (QED) is 0.720. The number of nitrogens with zero attached hydrogens (tertiary/aromatic N) is 3. The van der Waals surface area contributed by atoms with Crippen molar-refractivity contribution in [3.63, 3.8) is 0 Å². The summed E-state index contributed by atoms with van der Waals surface area (Å²) < 4.78 is 0. The molecule has 0 bridgehead atoms. The molecule has 1 aromatic rings. The Morgan fingerprint density at radius 1 is 1.19 bits per heavy atom. The first-order valence-corrected chi connectivity index (χ1v) is 5.07. The fraction of sp³-hybridized carbons (Fsp3) is 0.273. The predicted molar refractivity (Wildman–Crippen MR) is 65.1 cm³/mol. The molecule has 0 saturated carbocycles. The van der Waals surface area contributed by atoms with Gasteiger partial charge in [-0.15, -0.1) is 0 Å². The molecule has 1 heterocycles. The zero-order valence-corrected chi connectivity index (χ0v) is 9.38. The van der Waals surface area contributed by atoms with Crippen LogP contribution in [0, 0.1) is 0 Å². The van der Waals surface area contributed by atoms with Crippen LogP contribution in [-0.2, 0) is 0 Å². The molecule has 5 heteroatoms. The van der Waals surface area contributed by atoms with Crippen molar-refractivity contribution in [1.82, 2.24) is 10.2 Å². The minimum Gasteiger partial charge on any atom is -0.370 e. The number of aliphatic imine (C=N–C) groups is 2. The van der Waals surface area contributed by atoms with Crippen LogP contribution in [-0.4, -0.2) is 30.9 Å². The number of guanidine groups is 2. The number of benzene rings is 1. The fourth-order valence-corrected chi connectivity index (χ4v) is 1.46. The SMILES string of the molecule is CN(C)C1=NC(c2ccccc2)N=C(N)N1. The second-order valence-electron chi connectivity index (χ2n) is 3.77. The Balaban J connectivity index is 2.30. The van der Waals surface area contributed by atoms with E-state index >= 15 is 0 Å². The Labute approximate surface area is 94.7 Å². The van der Waals surface area contributed by atoms with Gasteiger partial charge in [0.2, 0.25) is 5.96 Å². The number of hydrogen-bond acceptors (Lipinski definition) is 5. The first-order chi connectivity index (χ1) is 7.66. The zero-order chi connectivity index (χ0) is 11.5. The summed E-state index contributed by atoms with van der Waals surface area (Å²) in [4.78, 5) is 10.6. The molecule has 84 valence electrons. The van der Waals surface area contributed by atoms with Gasteiger partial charge < -0.3 is 10.6 Å². The van der Waals surface area contributed by atoms with Crippen molar-refractivity contribution in [2.24, 2.45) is 15.7 Å². The van der Waals surface area contributed by atoms with Gasteiger partial charge in [-0.3, -0.25) is 5.32 Å². The summed E-state index contributed by atoms with van der Waals surface area (Å²) in [6.07, 6.45) is -0.250. The highest BCUT2D eigenvalue weighted by Gasteiger charge is 2.17. The van der Waals surface area contributed by atoms with Gasteiger partial charge in [-0.1, -0.05) is 30.3 Å². The maximum Gasteiger partial charge on any atom is 0.202 e. The molecule has 1 unspecified atom stereocenters. The van der Waals surface area contributed by atoms with Crippen molar-refractivity contribution in [2.45, 2.75) is 6.17 Å². The monoisotopic (exact) mass is 217 g/mol. The average molecular weight is 217 g/mol. The van der Waals surface area contributed by atoms with Gasteiger partial charge in [-0.25, -0.2) is 9.98 Å². The molecule has 0 radical (unpaired) electrons. The molecule has 1 aliphatic heterocycles. The fourth-order valence-electron chi connectivity index (χ4n) is 1.46. The van der Waals surface area contributed by atoms with E-state index in [1.807, 2.05) is 49.3 Å². The third kappa shape index (κ3) is 2.13. The van der Waals surface area contributed by atoms with E-state index in [2.05, 4.69) is 15.3 Å². The lowest BCUT2D eigenvalue weighted by Crippen LogP contribution is -2.46. The second-order valence-corrected chi connectivity index (χ2v) is 3.77. The lowest BCUT2D eigenvalue weighted by Gasteiger charge is -2.23. The van der Waals surface area contributed by atoms with Gasteiger partial charge in [0.05, 0.1) is 0 Å². The maximum absolute atomic E-state index is 5.72. The molecule has 1 aliphatic rings. The van der Waals surface area contributed by atoms with Crippen molar-refractivity contribution >= 4 is 11.9 Å². The van der Waals surface area contributed by atoms with Crippen molar-refractivity contribution in [1.29, 1.82) is 0 Å². The van der Waals surface area contributed by atoms with Crippen LogP contribution in [0.1, 0.15) is 11.7 Å². The topological polar surface area (TPSA) is 66.0 Å². The van der Waals surface area contributed by atoms with Gasteiger partial charge in [0.25, 0.3) is 0 Å². The normalized spacial score (nSPS) is 19.5. The van der Waals surface area contributed by atoms with E-state index in [0.717, 1.165) is 11.5 Å². The van der Waals surface area contributed by atoms with Crippen molar-refractivity contribution in [3.8, 4) is 0 Å². The minimum atomic E-state index is -0.250. The van der Waals surface area contributed by atoms with E-state index in [-0.39, 0.29) is 6.17 Å². The number of nitrogens with two attached hydrogens (primary N) is 1. The van der Waals surface area contributed by atoms with E-state index in [1.165, 1.54) is 0 Å². The predicted octanol–water partition coefficient (Wildman–Crippen LogP) is 0.521. The van der Waals surface area contributed by atoms with Crippen molar-refractivity contribution < 1.29 is 0 Å². The molecular formula is C11H15N5. The summed E-state index contributed by atoms with van der Waals surface area (Å²) in [5, 5.41) is 2.92. The zero-order valence-electron chi connectivity index (χ0n) is 9.38. The summed E-state index contributed by atoms with van der Waals surface area (Å²) >= 11 is 0. The summed E-state index contributed by atoms with van der Waals surface area (Å²) in [6.45, 7) is 0. The van der Waals surface area contributed by atoms with E-state index in [0.29, 0.717) is 5.96 Å². The summed E-state index contributed by atoms with van der Waals surface area (Å²) in [6, 6.07) is 9.88. The molecule has 5 nitrogen and oxygen atoms in total. The molecule has 0 aromatic heterocycles. The van der Waals surface area contributed by atoms with Crippen LogP contribution in [0.5, 0.6) is 0 Å². The lowest BCUT2D eigenvalue weighted by atomic mass is 10.2. The highest BCUT2D eigenvalue weighted by atomic mass is 15.4. The van der Waals surface area contributed by atoms with Crippen LogP contribution in [0.15, 0.2) is 40.3 Å². The third-order valence-corrected chi connectivity index (χ3v) is 2.27. The standard InChI is InChI=1S/C11H15N5/c1-16(2)11-14-9(13-10(12)15-11)8-6-4-3-5-7-8/h3-7,9H,1-2H3,(H3,12,13,14,15). The molecular weight excluding hydrogens is 202 g/mol. The van der Waals surface area contributed by atoms with Gasteiger partial charge in [0, 0.05) is 14.1 Å². The van der Waals surface area contributed by atoms with Crippen LogP contribution in [0.2, 0.25) is 0 Å². The van der Waals surface area contributed by atoms with Crippen molar-refractivity contribution in [3.05, 3.63) is 35.9 Å². The van der Waals surface area contributed by atoms with Crippen LogP contribution in [0.3, 0.4) is 0 Å². The number of nitrogens with one attached hydrogen (secondary N) is 1.